The quantitative estimate of drug-likeness (QED) is 0.922. The summed E-state index contributed by atoms with van der Waals surface area (Å²) in [5.41, 5.74) is 8.75. The summed E-state index contributed by atoms with van der Waals surface area (Å²) in [4.78, 5) is 16.7. The van der Waals surface area contributed by atoms with Gasteiger partial charge >= 0.3 is 0 Å². The van der Waals surface area contributed by atoms with E-state index in [1.807, 2.05) is 4.90 Å². The van der Waals surface area contributed by atoms with Crippen LogP contribution >= 0.6 is 0 Å². The number of nitrogens with two attached hydrogens (primary N) is 1. The summed E-state index contributed by atoms with van der Waals surface area (Å²) in [7, 11) is 0. The fraction of sp³-hybridized carbons (Fsp3) is 0.588. The fourth-order valence-electron chi connectivity index (χ4n) is 3.43. The first-order valence-electron chi connectivity index (χ1n) is 8.10. The van der Waals surface area contributed by atoms with Crippen LogP contribution in [0.3, 0.4) is 0 Å². The number of carbonyl (C=O) groups is 1. The highest BCUT2D eigenvalue weighted by Crippen LogP contribution is 2.27. The van der Waals surface area contributed by atoms with Crippen molar-refractivity contribution in [3.8, 4) is 0 Å². The molecule has 0 unspecified atom stereocenters. The van der Waals surface area contributed by atoms with Gasteiger partial charge in [0.25, 0.3) is 0 Å². The van der Waals surface area contributed by atoms with Crippen LogP contribution in [0.4, 0.5) is 5.69 Å². The van der Waals surface area contributed by atoms with Crippen LogP contribution < -0.4 is 10.6 Å². The number of rotatable bonds is 3. The molecule has 0 radical (unpaired) electrons. The van der Waals surface area contributed by atoms with Crippen molar-refractivity contribution in [2.75, 3.05) is 31.1 Å². The Hall–Kier alpha value is -1.55. The SMILES string of the molecule is N[C@@H]1CCCCN(C(=O)CCN2CCc3ccccc32)C1. The van der Waals surface area contributed by atoms with Crippen molar-refractivity contribution in [2.24, 2.45) is 5.73 Å². The maximum Gasteiger partial charge on any atom is 0.224 e. The number of carbonyl (C=O) groups excluding carboxylic acids is 1. The summed E-state index contributed by atoms with van der Waals surface area (Å²) >= 11 is 0. The molecule has 0 spiro atoms. The lowest BCUT2D eigenvalue weighted by molar-refractivity contribution is -0.131. The third-order valence-electron chi connectivity index (χ3n) is 4.64. The van der Waals surface area contributed by atoms with Gasteiger partial charge in [-0.1, -0.05) is 24.6 Å². The molecule has 3 rings (SSSR count). The summed E-state index contributed by atoms with van der Waals surface area (Å²) < 4.78 is 0. The van der Waals surface area contributed by atoms with Gasteiger partial charge in [0, 0.05) is 44.3 Å². The first kappa shape index (κ1) is 14.4. The second-order valence-corrected chi connectivity index (χ2v) is 6.21. The van der Waals surface area contributed by atoms with Crippen molar-refractivity contribution in [3.05, 3.63) is 29.8 Å². The molecule has 1 atom stereocenters. The summed E-state index contributed by atoms with van der Waals surface area (Å²) in [6.07, 6.45) is 4.97. The molecule has 2 aliphatic rings. The number of fused-ring (bicyclic) bond motifs is 1. The highest BCUT2D eigenvalue weighted by atomic mass is 16.2. The third-order valence-corrected chi connectivity index (χ3v) is 4.64. The first-order chi connectivity index (χ1) is 10.2. The van der Waals surface area contributed by atoms with Crippen LogP contribution in [0.15, 0.2) is 24.3 Å². The molecule has 2 heterocycles. The van der Waals surface area contributed by atoms with Gasteiger partial charge in [0.2, 0.25) is 5.91 Å². The topological polar surface area (TPSA) is 49.6 Å². The zero-order valence-corrected chi connectivity index (χ0v) is 12.6. The fourth-order valence-corrected chi connectivity index (χ4v) is 3.43. The second kappa shape index (κ2) is 6.48. The molecule has 1 aromatic carbocycles. The Kier molecular flexibility index (Phi) is 4.44. The van der Waals surface area contributed by atoms with Crippen LogP contribution in [0.2, 0.25) is 0 Å². The average Bonchev–Trinajstić information content (AvgIpc) is 2.78. The minimum Gasteiger partial charge on any atom is -0.370 e. The van der Waals surface area contributed by atoms with E-state index in [0.717, 1.165) is 51.9 Å². The molecule has 0 aliphatic carbocycles. The van der Waals surface area contributed by atoms with Crippen LogP contribution in [-0.4, -0.2) is 43.0 Å². The van der Waals surface area contributed by atoms with Gasteiger partial charge in [-0.2, -0.15) is 0 Å². The maximum absolute atomic E-state index is 12.4. The Bertz CT molecular complexity index is 503. The van der Waals surface area contributed by atoms with E-state index in [9.17, 15) is 4.79 Å². The smallest absolute Gasteiger partial charge is 0.224 e. The molecule has 4 heteroatoms. The zero-order valence-electron chi connectivity index (χ0n) is 12.6. The Morgan fingerprint density at radius 1 is 1.24 bits per heavy atom. The van der Waals surface area contributed by atoms with Crippen molar-refractivity contribution in [3.63, 3.8) is 0 Å². The molecule has 1 saturated heterocycles. The Labute approximate surface area is 126 Å². The molecular formula is C17H25N3O. The third kappa shape index (κ3) is 3.38. The summed E-state index contributed by atoms with van der Waals surface area (Å²) in [5.74, 6) is 0.261. The highest BCUT2D eigenvalue weighted by Gasteiger charge is 2.22. The lowest BCUT2D eigenvalue weighted by Crippen LogP contribution is -2.41. The van der Waals surface area contributed by atoms with Gasteiger partial charge in [0.05, 0.1) is 0 Å². The molecule has 4 nitrogen and oxygen atoms in total. The molecule has 0 bridgehead atoms. The van der Waals surface area contributed by atoms with Gasteiger partial charge in [0.1, 0.15) is 0 Å². The van der Waals surface area contributed by atoms with E-state index in [-0.39, 0.29) is 11.9 Å². The van der Waals surface area contributed by atoms with Crippen LogP contribution in [-0.2, 0) is 11.2 Å². The minimum atomic E-state index is 0.156. The molecule has 1 amide bonds. The molecule has 2 aliphatic heterocycles. The van der Waals surface area contributed by atoms with E-state index in [4.69, 9.17) is 5.73 Å². The van der Waals surface area contributed by atoms with E-state index >= 15 is 0 Å². The molecule has 0 aromatic heterocycles. The predicted molar refractivity (Wildman–Crippen MR) is 85.4 cm³/mol. The average molecular weight is 287 g/mol. The minimum absolute atomic E-state index is 0.156. The highest BCUT2D eigenvalue weighted by molar-refractivity contribution is 5.77. The molecule has 1 aromatic rings. The van der Waals surface area contributed by atoms with Crippen LogP contribution in [0.25, 0.3) is 0 Å². The van der Waals surface area contributed by atoms with Gasteiger partial charge in [-0.15, -0.1) is 0 Å². The predicted octanol–water partition coefficient (Wildman–Crippen LogP) is 1.78. The van der Waals surface area contributed by atoms with E-state index in [0.29, 0.717) is 6.42 Å². The lowest BCUT2D eigenvalue weighted by Gasteiger charge is -2.25. The van der Waals surface area contributed by atoms with Crippen LogP contribution in [0.1, 0.15) is 31.2 Å². The lowest BCUT2D eigenvalue weighted by atomic mass is 10.1. The van der Waals surface area contributed by atoms with Gasteiger partial charge < -0.3 is 15.5 Å². The van der Waals surface area contributed by atoms with Crippen molar-refractivity contribution < 1.29 is 4.79 Å². The number of amides is 1. The van der Waals surface area contributed by atoms with E-state index in [1.54, 1.807) is 0 Å². The number of benzene rings is 1. The van der Waals surface area contributed by atoms with Gasteiger partial charge in [-0.25, -0.2) is 0 Å². The van der Waals surface area contributed by atoms with Crippen molar-refractivity contribution in [1.82, 2.24) is 4.90 Å². The van der Waals surface area contributed by atoms with Crippen molar-refractivity contribution in [2.45, 2.75) is 38.1 Å². The maximum atomic E-state index is 12.4. The number of para-hydroxylation sites is 1. The Morgan fingerprint density at radius 3 is 3.00 bits per heavy atom. The normalized spacial score (nSPS) is 22.0. The number of likely N-dealkylation sites (tertiary alicyclic amines) is 1. The van der Waals surface area contributed by atoms with Crippen molar-refractivity contribution >= 4 is 11.6 Å². The number of hydrogen-bond acceptors (Lipinski definition) is 3. The largest absolute Gasteiger partial charge is 0.370 e. The molecular weight excluding hydrogens is 262 g/mol. The molecule has 21 heavy (non-hydrogen) atoms. The van der Waals surface area contributed by atoms with Crippen molar-refractivity contribution in [1.29, 1.82) is 0 Å². The molecule has 1 fully saturated rings. The van der Waals surface area contributed by atoms with Crippen LogP contribution in [0, 0.1) is 0 Å². The van der Waals surface area contributed by atoms with Gasteiger partial charge in [-0.3, -0.25) is 4.79 Å². The number of anilines is 1. The van der Waals surface area contributed by atoms with E-state index in [2.05, 4.69) is 29.2 Å². The summed E-state index contributed by atoms with van der Waals surface area (Å²) in [6.45, 7) is 3.46. The number of nitrogens with zero attached hydrogens (tertiary/aromatic N) is 2. The monoisotopic (exact) mass is 287 g/mol. The zero-order chi connectivity index (χ0) is 14.7. The van der Waals surface area contributed by atoms with Crippen LogP contribution in [0.5, 0.6) is 0 Å². The second-order valence-electron chi connectivity index (χ2n) is 6.21. The number of hydrogen-bond donors (Lipinski definition) is 1. The van der Waals surface area contributed by atoms with E-state index in [1.165, 1.54) is 11.3 Å². The first-order valence-corrected chi connectivity index (χ1v) is 8.10. The summed E-state index contributed by atoms with van der Waals surface area (Å²) in [5, 5.41) is 0. The summed E-state index contributed by atoms with van der Waals surface area (Å²) in [6, 6.07) is 8.67. The standard InChI is InChI=1S/C17H25N3O/c18-15-6-3-4-10-20(13-15)17(21)9-12-19-11-8-14-5-1-2-7-16(14)19/h1-2,5,7,15H,3-4,6,8-13,18H2/t15-/m1/s1. The Balaban J connectivity index is 1.54. The Morgan fingerprint density at radius 2 is 2.10 bits per heavy atom. The van der Waals surface area contributed by atoms with Gasteiger partial charge in [-0.05, 0) is 30.9 Å². The molecule has 2 N–H and O–H groups in total. The van der Waals surface area contributed by atoms with Gasteiger partial charge in [0.15, 0.2) is 0 Å². The van der Waals surface area contributed by atoms with E-state index < -0.39 is 0 Å². The molecule has 114 valence electrons. The molecule has 0 saturated carbocycles.